The molecule has 1 amide bonds. The van der Waals surface area contributed by atoms with Crippen LogP contribution in [0.1, 0.15) is 25.3 Å². The average molecular weight is 372 g/mol. The highest BCUT2D eigenvalue weighted by atomic mass is 32.2. The number of hydrogen-bond donors (Lipinski definition) is 1. The molecule has 1 aliphatic heterocycles. The van der Waals surface area contributed by atoms with E-state index in [-0.39, 0.29) is 22.8 Å². The monoisotopic (exact) mass is 372 g/mol. The van der Waals surface area contributed by atoms with Crippen LogP contribution in [-0.4, -0.2) is 28.1 Å². The van der Waals surface area contributed by atoms with Crippen molar-refractivity contribution < 1.29 is 14.5 Å². The first-order valence-electron chi connectivity index (χ1n) is 7.61. The first-order chi connectivity index (χ1) is 12.3. The fourth-order valence-electron chi connectivity index (χ4n) is 2.92. The molecule has 0 aromatic heterocycles. The van der Waals surface area contributed by atoms with Gasteiger partial charge in [-0.25, -0.2) is 4.99 Å². The molecule has 1 aromatic rings. The maximum atomic E-state index is 12.2. The molecule has 26 heavy (non-hydrogen) atoms. The van der Waals surface area contributed by atoms with Gasteiger partial charge in [-0.1, -0.05) is 23.9 Å². The Labute approximate surface area is 153 Å². The number of hydrogen-bond acceptors (Lipinski definition) is 7. The molecular formula is C17H16N4O4S. The van der Waals surface area contributed by atoms with Crippen molar-refractivity contribution in [1.29, 1.82) is 5.26 Å². The van der Waals surface area contributed by atoms with Crippen LogP contribution in [0.3, 0.4) is 0 Å². The predicted octanol–water partition coefficient (Wildman–Crippen LogP) is 2.31. The summed E-state index contributed by atoms with van der Waals surface area (Å²) < 4.78 is 0. The Balaban J connectivity index is 2.63. The molecule has 2 rings (SSSR count). The number of non-ortho nitro benzene ring substituents is 1. The normalized spacial score (nSPS) is 19.5. The lowest BCUT2D eigenvalue weighted by Crippen LogP contribution is -2.31. The fourth-order valence-corrected chi connectivity index (χ4v) is 3.73. The number of thioether (sulfide) groups is 1. The van der Waals surface area contributed by atoms with Gasteiger partial charge in [0.2, 0.25) is 5.91 Å². The molecule has 0 saturated heterocycles. The first kappa shape index (κ1) is 19.3. The third-order valence-electron chi connectivity index (χ3n) is 3.95. The number of nitrogens with two attached hydrogens (primary N) is 1. The van der Waals surface area contributed by atoms with E-state index >= 15 is 0 Å². The summed E-state index contributed by atoms with van der Waals surface area (Å²) in [5, 5.41) is 21.1. The number of aliphatic imine (C=N–C) groups is 1. The largest absolute Gasteiger partial charge is 0.369 e. The van der Waals surface area contributed by atoms with Crippen LogP contribution in [0.2, 0.25) is 0 Å². The van der Waals surface area contributed by atoms with E-state index in [0.29, 0.717) is 16.3 Å². The van der Waals surface area contributed by atoms with Crippen LogP contribution in [0.15, 0.2) is 39.9 Å². The number of primary amides is 1. The number of nitro benzene ring substituents is 1. The van der Waals surface area contributed by atoms with Crippen LogP contribution in [0.25, 0.3) is 0 Å². The van der Waals surface area contributed by atoms with Crippen LogP contribution in [0, 0.1) is 27.4 Å². The van der Waals surface area contributed by atoms with E-state index < -0.39 is 22.7 Å². The summed E-state index contributed by atoms with van der Waals surface area (Å²) in [6.07, 6.45) is 0. The van der Waals surface area contributed by atoms with Gasteiger partial charge in [0.1, 0.15) is 10.8 Å². The molecule has 1 unspecified atom stereocenters. The van der Waals surface area contributed by atoms with E-state index in [2.05, 4.69) is 11.1 Å². The zero-order chi connectivity index (χ0) is 19.4. The Kier molecular flexibility index (Phi) is 5.90. The summed E-state index contributed by atoms with van der Waals surface area (Å²) in [5.74, 6) is -2.23. The van der Waals surface area contributed by atoms with Crippen molar-refractivity contribution in [3.8, 4) is 6.07 Å². The third-order valence-corrected chi connectivity index (χ3v) is 4.97. The van der Waals surface area contributed by atoms with Crippen LogP contribution < -0.4 is 5.73 Å². The molecule has 134 valence electrons. The second-order valence-electron chi connectivity index (χ2n) is 5.76. The van der Waals surface area contributed by atoms with E-state index in [9.17, 15) is 25.0 Å². The van der Waals surface area contributed by atoms with E-state index in [1.165, 1.54) is 25.1 Å². The third kappa shape index (κ3) is 3.97. The molecular weight excluding hydrogens is 356 g/mol. The Morgan fingerprint density at radius 2 is 2.15 bits per heavy atom. The highest BCUT2D eigenvalue weighted by molar-refractivity contribution is 8.03. The minimum Gasteiger partial charge on any atom is -0.369 e. The van der Waals surface area contributed by atoms with E-state index in [1.54, 1.807) is 13.0 Å². The first-order valence-corrected chi connectivity index (χ1v) is 8.60. The summed E-state index contributed by atoms with van der Waals surface area (Å²) in [4.78, 5) is 38.2. The lowest BCUT2D eigenvalue weighted by Gasteiger charge is -2.30. The minimum absolute atomic E-state index is 0.0658. The van der Waals surface area contributed by atoms with Crippen LogP contribution >= 0.6 is 11.8 Å². The van der Waals surface area contributed by atoms with Crippen molar-refractivity contribution in [1.82, 2.24) is 0 Å². The van der Waals surface area contributed by atoms with Gasteiger partial charge >= 0.3 is 0 Å². The van der Waals surface area contributed by atoms with Gasteiger partial charge in [0.05, 0.1) is 28.2 Å². The summed E-state index contributed by atoms with van der Waals surface area (Å²) in [6.45, 7) is 3.06. The number of nitro groups is 1. The number of amides is 1. The molecule has 8 nitrogen and oxygen atoms in total. The number of Topliss-reactive ketones (excluding diaryl/α,β-unsaturated/α-hetero) is 1. The van der Waals surface area contributed by atoms with Gasteiger partial charge in [0.25, 0.3) is 5.69 Å². The quantitative estimate of drug-likeness (QED) is 0.600. The van der Waals surface area contributed by atoms with Crippen molar-refractivity contribution in [2.24, 2.45) is 16.6 Å². The zero-order valence-corrected chi connectivity index (χ0v) is 14.9. The van der Waals surface area contributed by atoms with E-state index in [4.69, 9.17) is 5.73 Å². The fraction of sp³-hybridized carbons (Fsp3) is 0.294. The number of rotatable bonds is 6. The maximum Gasteiger partial charge on any atom is 0.269 e. The van der Waals surface area contributed by atoms with Crippen LogP contribution in [0.5, 0.6) is 0 Å². The lowest BCUT2D eigenvalue weighted by atomic mass is 9.75. The number of allylic oxidation sites excluding steroid dienone is 1. The standard InChI is InChI=1S/C17H16N4O4S/c1-9-15(10(2)22)16(11-4-3-5-12(6-11)21(24)25)13(7-18)17(20-9)26-8-14(19)23/h3-6,15-16H,8H2,1-2H3,(H2,19,23)/t15?,16-/m1/s1. The Morgan fingerprint density at radius 1 is 1.46 bits per heavy atom. The zero-order valence-electron chi connectivity index (χ0n) is 14.1. The molecule has 0 bridgehead atoms. The van der Waals surface area contributed by atoms with Crippen LogP contribution in [-0.2, 0) is 9.59 Å². The number of nitrogens with zero attached hydrogens (tertiary/aromatic N) is 3. The second kappa shape index (κ2) is 7.93. The van der Waals surface area contributed by atoms with Crippen molar-refractivity contribution >= 4 is 34.9 Å². The molecule has 9 heteroatoms. The van der Waals surface area contributed by atoms with Gasteiger partial charge < -0.3 is 5.73 Å². The van der Waals surface area contributed by atoms with Gasteiger partial charge in [0, 0.05) is 23.8 Å². The van der Waals surface area contributed by atoms with E-state index in [0.717, 1.165) is 11.8 Å². The SMILES string of the molecule is CC(=O)C1C(C)=NC(SCC(N)=O)=C(C#N)[C@H]1c1cccc([N+](=O)[O-])c1. The number of benzene rings is 1. The van der Waals surface area contributed by atoms with Gasteiger partial charge in [-0.2, -0.15) is 5.26 Å². The summed E-state index contributed by atoms with van der Waals surface area (Å²) in [7, 11) is 0. The summed E-state index contributed by atoms with van der Waals surface area (Å²) in [6, 6.07) is 7.90. The Morgan fingerprint density at radius 3 is 2.69 bits per heavy atom. The molecule has 0 saturated carbocycles. The van der Waals surface area contributed by atoms with Crippen molar-refractivity contribution in [3.05, 3.63) is 50.5 Å². The maximum absolute atomic E-state index is 12.2. The molecule has 2 atom stereocenters. The molecule has 2 N–H and O–H groups in total. The van der Waals surface area contributed by atoms with Gasteiger partial charge in [-0.05, 0) is 19.4 Å². The van der Waals surface area contributed by atoms with Gasteiger partial charge in [0.15, 0.2) is 0 Å². The Hall–Kier alpha value is -2.99. The number of carbonyl (C=O) groups excluding carboxylic acids is 2. The number of carbonyl (C=O) groups is 2. The van der Waals surface area contributed by atoms with E-state index in [1.807, 2.05) is 0 Å². The minimum atomic E-state index is -0.704. The molecule has 0 fully saturated rings. The molecule has 0 aliphatic carbocycles. The van der Waals surface area contributed by atoms with Crippen molar-refractivity contribution in [3.63, 3.8) is 0 Å². The van der Waals surface area contributed by atoms with Crippen molar-refractivity contribution in [2.75, 3.05) is 5.75 Å². The molecule has 0 radical (unpaired) electrons. The number of nitriles is 1. The highest BCUT2D eigenvalue weighted by Gasteiger charge is 2.38. The van der Waals surface area contributed by atoms with Crippen LogP contribution in [0.4, 0.5) is 5.69 Å². The predicted molar refractivity (Wildman–Crippen MR) is 97.4 cm³/mol. The molecule has 1 heterocycles. The molecule has 1 aliphatic rings. The van der Waals surface area contributed by atoms with Gasteiger partial charge in [-0.3, -0.25) is 19.7 Å². The molecule has 0 spiro atoms. The average Bonchev–Trinajstić information content (AvgIpc) is 2.58. The smallest absolute Gasteiger partial charge is 0.269 e. The second-order valence-corrected chi connectivity index (χ2v) is 6.72. The summed E-state index contributed by atoms with van der Waals surface area (Å²) in [5.41, 5.74) is 6.19. The Bertz CT molecular complexity index is 885. The van der Waals surface area contributed by atoms with Crippen molar-refractivity contribution in [2.45, 2.75) is 19.8 Å². The lowest BCUT2D eigenvalue weighted by molar-refractivity contribution is -0.384. The summed E-state index contributed by atoms with van der Waals surface area (Å²) >= 11 is 1.01. The highest BCUT2D eigenvalue weighted by Crippen LogP contribution is 2.42. The molecule has 1 aromatic carbocycles. The van der Waals surface area contributed by atoms with Gasteiger partial charge in [-0.15, -0.1) is 0 Å². The number of ketones is 1. The topological polar surface area (TPSA) is 139 Å².